The van der Waals surface area contributed by atoms with Crippen LogP contribution in [-0.2, 0) is 16.1 Å². The summed E-state index contributed by atoms with van der Waals surface area (Å²) in [5, 5.41) is 18.5. The van der Waals surface area contributed by atoms with E-state index in [-0.39, 0.29) is 24.2 Å². The molecule has 2 heterocycles. The third kappa shape index (κ3) is 3.04. The van der Waals surface area contributed by atoms with Crippen LogP contribution in [0.25, 0.3) is 0 Å². The number of aromatic carboxylic acids is 1. The summed E-state index contributed by atoms with van der Waals surface area (Å²) in [6.07, 6.45) is 3.11. The van der Waals surface area contributed by atoms with Gasteiger partial charge in [0.2, 0.25) is 5.91 Å². The summed E-state index contributed by atoms with van der Waals surface area (Å²) in [5.41, 5.74) is -0.109. The molecule has 1 fully saturated rings. The lowest BCUT2D eigenvalue weighted by atomic mass is 10.2. The maximum absolute atomic E-state index is 11.6. The van der Waals surface area contributed by atoms with Gasteiger partial charge in [0.05, 0.1) is 12.3 Å². The van der Waals surface area contributed by atoms with Crippen LogP contribution in [0.5, 0.6) is 0 Å². The summed E-state index contributed by atoms with van der Waals surface area (Å²) < 4.78 is 6.41. The zero-order valence-corrected chi connectivity index (χ0v) is 9.70. The van der Waals surface area contributed by atoms with Crippen molar-refractivity contribution in [3.63, 3.8) is 0 Å². The lowest BCUT2D eigenvalue weighted by molar-refractivity contribution is -0.122. The van der Waals surface area contributed by atoms with Crippen molar-refractivity contribution in [1.82, 2.24) is 20.3 Å². The van der Waals surface area contributed by atoms with Gasteiger partial charge < -0.3 is 15.2 Å². The van der Waals surface area contributed by atoms with Gasteiger partial charge in [0.1, 0.15) is 6.54 Å². The van der Waals surface area contributed by atoms with Gasteiger partial charge in [-0.05, 0) is 12.8 Å². The van der Waals surface area contributed by atoms with Crippen molar-refractivity contribution in [2.24, 2.45) is 0 Å². The summed E-state index contributed by atoms with van der Waals surface area (Å²) in [4.78, 5) is 22.4. The van der Waals surface area contributed by atoms with Gasteiger partial charge in [-0.15, -0.1) is 5.10 Å². The molecule has 2 rings (SSSR count). The monoisotopic (exact) mass is 254 g/mol. The highest BCUT2D eigenvalue weighted by molar-refractivity contribution is 5.86. The third-order valence-electron chi connectivity index (χ3n) is 2.68. The number of carbonyl (C=O) groups is 2. The normalized spacial score (nSPS) is 18.8. The molecule has 0 bridgehead atoms. The average Bonchev–Trinajstić information content (AvgIpc) is 2.96. The molecule has 1 amide bonds. The molecular weight excluding hydrogens is 240 g/mol. The van der Waals surface area contributed by atoms with Gasteiger partial charge in [0.25, 0.3) is 0 Å². The fourth-order valence-corrected chi connectivity index (χ4v) is 1.77. The smallest absolute Gasteiger partial charge is 0.355 e. The Morgan fingerprint density at radius 2 is 2.44 bits per heavy atom. The molecule has 0 spiro atoms. The number of carboxylic acids is 1. The third-order valence-corrected chi connectivity index (χ3v) is 2.68. The second-order valence-electron chi connectivity index (χ2n) is 4.02. The maximum atomic E-state index is 11.6. The van der Waals surface area contributed by atoms with Crippen LogP contribution in [0.2, 0.25) is 0 Å². The molecule has 0 aliphatic carbocycles. The highest BCUT2D eigenvalue weighted by Gasteiger charge is 2.18. The highest BCUT2D eigenvalue weighted by atomic mass is 16.5. The van der Waals surface area contributed by atoms with Crippen molar-refractivity contribution < 1.29 is 19.4 Å². The van der Waals surface area contributed by atoms with Crippen LogP contribution in [0.3, 0.4) is 0 Å². The largest absolute Gasteiger partial charge is 0.476 e. The standard InChI is InChI=1S/C10H14N4O4/c15-9(11-4-7-2-1-3-18-7)6-14-8(10(16)17)5-12-13-14/h5,7H,1-4,6H2,(H,11,15)(H,16,17). The van der Waals surface area contributed by atoms with Crippen LogP contribution < -0.4 is 5.32 Å². The van der Waals surface area contributed by atoms with Crippen LogP contribution in [0.1, 0.15) is 23.3 Å². The molecular formula is C10H14N4O4. The number of hydrogen-bond donors (Lipinski definition) is 2. The Morgan fingerprint density at radius 3 is 3.11 bits per heavy atom. The fraction of sp³-hybridized carbons (Fsp3) is 0.600. The van der Waals surface area contributed by atoms with E-state index in [4.69, 9.17) is 9.84 Å². The molecule has 8 heteroatoms. The van der Waals surface area contributed by atoms with E-state index < -0.39 is 5.97 Å². The van der Waals surface area contributed by atoms with Crippen molar-refractivity contribution in [3.05, 3.63) is 11.9 Å². The molecule has 1 atom stereocenters. The van der Waals surface area contributed by atoms with E-state index in [0.29, 0.717) is 6.54 Å². The first-order chi connectivity index (χ1) is 8.66. The second kappa shape index (κ2) is 5.58. The summed E-state index contributed by atoms with van der Waals surface area (Å²) in [6.45, 7) is 1.01. The molecule has 98 valence electrons. The van der Waals surface area contributed by atoms with Gasteiger partial charge in [-0.1, -0.05) is 5.21 Å². The minimum Gasteiger partial charge on any atom is -0.476 e. The summed E-state index contributed by atoms with van der Waals surface area (Å²) in [7, 11) is 0. The van der Waals surface area contributed by atoms with Gasteiger partial charge in [0, 0.05) is 13.2 Å². The zero-order valence-electron chi connectivity index (χ0n) is 9.70. The predicted molar refractivity (Wildman–Crippen MR) is 59.0 cm³/mol. The average molecular weight is 254 g/mol. The van der Waals surface area contributed by atoms with Crippen LogP contribution >= 0.6 is 0 Å². The molecule has 1 aromatic heterocycles. The van der Waals surface area contributed by atoms with E-state index in [1.165, 1.54) is 0 Å². The van der Waals surface area contributed by atoms with Gasteiger partial charge in [-0.2, -0.15) is 0 Å². The first-order valence-electron chi connectivity index (χ1n) is 5.67. The number of nitrogens with zero attached hydrogens (tertiary/aromatic N) is 3. The summed E-state index contributed by atoms with van der Waals surface area (Å²) in [5.74, 6) is -1.47. The lowest BCUT2D eigenvalue weighted by Gasteiger charge is -2.10. The highest BCUT2D eigenvalue weighted by Crippen LogP contribution is 2.10. The minimum absolute atomic E-state index is 0.0589. The second-order valence-corrected chi connectivity index (χ2v) is 4.02. The van der Waals surface area contributed by atoms with Gasteiger partial charge in [-0.25, -0.2) is 9.48 Å². The fourth-order valence-electron chi connectivity index (χ4n) is 1.77. The number of amides is 1. The van der Waals surface area contributed by atoms with Crippen molar-refractivity contribution in [2.75, 3.05) is 13.2 Å². The van der Waals surface area contributed by atoms with E-state index in [1.807, 2.05) is 0 Å². The number of carbonyl (C=O) groups excluding carboxylic acids is 1. The van der Waals surface area contributed by atoms with Gasteiger partial charge >= 0.3 is 5.97 Å². The molecule has 2 N–H and O–H groups in total. The molecule has 0 aromatic carbocycles. The molecule has 8 nitrogen and oxygen atoms in total. The van der Waals surface area contributed by atoms with Gasteiger partial charge in [0.15, 0.2) is 5.69 Å². The molecule has 1 saturated heterocycles. The Bertz CT molecular complexity index is 439. The number of carboxylic acid groups (broad SMARTS) is 1. The summed E-state index contributed by atoms with van der Waals surface area (Å²) in [6, 6.07) is 0. The first kappa shape index (κ1) is 12.5. The van der Waals surface area contributed by atoms with Crippen LogP contribution in [0.4, 0.5) is 0 Å². The minimum atomic E-state index is -1.16. The van der Waals surface area contributed by atoms with Crippen LogP contribution in [0.15, 0.2) is 6.20 Å². The van der Waals surface area contributed by atoms with Crippen molar-refractivity contribution in [1.29, 1.82) is 0 Å². The quantitative estimate of drug-likeness (QED) is 0.717. The number of aromatic nitrogens is 3. The Labute approximate surface area is 103 Å². The van der Waals surface area contributed by atoms with Crippen LogP contribution in [-0.4, -0.2) is 51.2 Å². The molecule has 1 aliphatic rings. The van der Waals surface area contributed by atoms with E-state index in [2.05, 4.69) is 15.6 Å². The van der Waals surface area contributed by atoms with E-state index in [0.717, 1.165) is 30.3 Å². The Kier molecular flexibility index (Phi) is 3.88. The van der Waals surface area contributed by atoms with Gasteiger partial charge in [-0.3, -0.25) is 4.79 Å². The molecule has 0 radical (unpaired) electrons. The molecule has 1 unspecified atom stereocenters. The molecule has 1 aromatic rings. The van der Waals surface area contributed by atoms with Crippen LogP contribution in [0, 0.1) is 0 Å². The summed E-state index contributed by atoms with van der Waals surface area (Å²) >= 11 is 0. The topological polar surface area (TPSA) is 106 Å². The Morgan fingerprint density at radius 1 is 1.61 bits per heavy atom. The number of nitrogens with one attached hydrogen (secondary N) is 1. The van der Waals surface area contributed by atoms with Crippen molar-refractivity contribution in [3.8, 4) is 0 Å². The van der Waals surface area contributed by atoms with E-state index in [9.17, 15) is 9.59 Å². The first-order valence-corrected chi connectivity index (χ1v) is 5.67. The van der Waals surface area contributed by atoms with E-state index >= 15 is 0 Å². The Hall–Kier alpha value is -1.96. The van der Waals surface area contributed by atoms with Crippen molar-refractivity contribution >= 4 is 11.9 Å². The molecule has 18 heavy (non-hydrogen) atoms. The predicted octanol–water partition coefficient (Wildman–Crippen LogP) is -0.728. The molecule has 1 aliphatic heterocycles. The SMILES string of the molecule is O=C(Cn1nncc1C(=O)O)NCC1CCCO1. The van der Waals surface area contributed by atoms with Crippen molar-refractivity contribution in [2.45, 2.75) is 25.5 Å². The van der Waals surface area contributed by atoms with E-state index in [1.54, 1.807) is 0 Å². The molecule has 0 saturated carbocycles. The number of hydrogen-bond acceptors (Lipinski definition) is 5. The number of rotatable bonds is 5. The maximum Gasteiger partial charge on any atom is 0.355 e. The Balaban J connectivity index is 1.82. The lowest BCUT2D eigenvalue weighted by Crippen LogP contribution is -2.34. The number of ether oxygens (including phenoxy) is 1. The zero-order chi connectivity index (χ0) is 13.0.